The summed E-state index contributed by atoms with van der Waals surface area (Å²) in [5.74, 6) is 0.571. The lowest BCUT2D eigenvalue weighted by Crippen LogP contribution is -2.31. The van der Waals surface area contributed by atoms with E-state index in [9.17, 15) is 4.39 Å². The SMILES string of the molecule is Fc1ccc(Cl)cc1CNCCC1CCCNC1. The molecule has 1 fully saturated rings. The quantitative estimate of drug-likeness (QED) is 0.804. The molecule has 0 aromatic heterocycles. The highest BCUT2D eigenvalue weighted by Gasteiger charge is 2.12. The maximum atomic E-state index is 13.4. The molecule has 4 heteroatoms. The van der Waals surface area contributed by atoms with Gasteiger partial charge in [0.25, 0.3) is 0 Å². The van der Waals surface area contributed by atoms with Gasteiger partial charge in [-0.2, -0.15) is 0 Å². The molecule has 0 amide bonds. The van der Waals surface area contributed by atoms with Gasteiger partial charge in [-0.15, -0.1) is 0 Å². The maximum absolute atomic E-state index is 13.4. The minimum Gasteiger partial charge on any atom is -0.316 e. The van der Waals surface area contributed by atoms with Crippen molar-refractivity contribution in [3.63, 3.8) is 0 Å². The number of benzene rings is 1. The molecular formula is C14H20ClFN2. The molecule has 1 aliphatic heterocycles. The van der Waals surface area contributed by atoms with E-state index in [1.807, 2.05) is 0 Å². The zero-order valence-electron chi connectivity index (χ0n) is 10.5. The number of hydrogen-bond donors (Lipinski definition) is 2. The summed E-state index contributed by atoms with van der Waals surface area (Å²) in [5.41, 5.74) is 0.643. The van der Waals surface area contributed by atoms with Gasteiger partial charge in [-0.1, -0.05) is 11.6 Å². The molecule has 0 radical (unpaired) electrons. The number of hydrogen-bond acceptors (Lipinski definition) is 2. The first-order chi connectivity index (χ1) is 8.75. The molecule has 1 atom stereocenters. The molecule has 1 heterocycles. The maximum Gasteiger partial charge on any atom is 0.127 e. The molecule has 0 saturated carbocycles. The molecule has 2 nitrogen and oxygen atoms in total. The topological polar surface area (TPSA) is 24.1 Å². The van der Waals surface area contributed by atoms with Gasteiger partial charge in [0.05, 0.1) is 0 Å². The number of halogens is 2. The first-order valence-corrected chi connectivity index (χ1v) is 6.99. The van der Waals surface area contributed by atoms with Crippen LogP contribution in [0.15, 0.2) is 18.2 Å². The second-order valence-electron chi connectivity index (χ2n) is 4.91. The van der Waals surface area contributed by atoms with Crippen LogP contribution < -0.4 is 10.6 Å². The number of rotatable bonds is 5. The molecule has 2 N–H and O–H groups in total. The largest absolute Gasteiger partial charge is 0.316 e. The van der Waals surface area contributed by atoms with Crippen molar-refractivity contribution in [2.45, 2.75) is 25.8 Å². The lowest BCUT2D eigenvalue weighted by Gasteiger charge is -2.22. The van der Waals surface area contributed by atoms with Crippen molar-refractivity contribution in [1.82, 2.24) is 10.6 Å². The molecule has 2 rings (SSSR count). The molecule has 1 aliphatic rings. The van der Waals surface area contributed by atoms with Gasteiger partial charge < -0.3 is 10.6 Å². The van der Waals surface area contributed by atoms with Gasteiger partial charge >= 0.3 is 0 Å². The van der Waals surface area contributed by atoms with Crippen molar-refractivity contribution in [2.75, 3.05) is 19.6 Å². The minimum atomic E-state index is -0.189. The predicted molar refractivity (Wildman–Crippen MR) is 73.3 cm³/mol. The average Bonchev–Trinajstić information content (AvgIpc) is 2.40. The van der Waals surface area contributed by atoms with Gasteiger partial charge in [-0.25, -0.2) is 4.39 Å². The Kier molecular flexibility index (Phi) is 5.42. The zero-order valence-corrected chi connectivity index (χ0v) is 11.3. The Morgan fingerprint density at radius 3 is 3.11 bits per heavy atom. The van der Waals surface area contributed by atoms with Crippen LogP contribution in [0, 0.1) is 11.7 Å². The van der Waals surface area contributed by atoms with Crippen molar-refractivity contribution < 1.29 is 4.39 Å². The van der Waals surface area contributed by atoms with E-state index in [1.54, 1.807) is 12.1 Å². The lowest BCUT2D eigenvalue weighted by atomic mass is 9.96. The normalized spacial score (nSPS) is 20.0. The van der Waals surface area contributed by atoms with Gasteiger partial charge in [0.2, 0.25) is 0 Å². The van der Waals surface area contributed by atoms with Crippen LogP contribution in [0.2, 0.25) is 5.02 Å². The Morgan fingerprint density at radius 2 is 2.33 bits per heavy atom. The van der Waals surface area contributed by atoms with E-state index >= 15 is 0 Å². The Hall–Kier alpha value is -0.640. The summed E-state index contributed by atoms with van der Waals surface area (Å²) >= 11 is 5.85. The summed E-state index contributed by atoms with van der Waals surface area (Å²) in [7, 11) is 0. The van der Waals surface area contributed by atoms with E-state index in [4.69, 9.17) is 11.6 Å². The first-order valence-electron chi connectivity index (χ1n) is 6.61. The Balaban J connectivity index is 1.69. The van der Waals surface area contributed by atoms with Gasteiger partial charge in [-0.3, -0.25) is 0 Å². The average molecular weight is 271 g/mol. The van der Waals surface area contributed by atoms with Crippen molar-refractivity contribution in [2.24, 2.45) is 5.92 Å². The Labute approximate surface area is 113 Å². The molecule has 0 aliphatic carbocycles. The third-order valence-corrected chi connectivity index (χ3v) is 3.69. The van der Waals surface area contributed by atoms with E-state index in [1.165, 1.54) is 18.9 Å². The summed E-state index contributed by atoms with van der Waals surface area (Å²) in [6.45, 7) is 3.75. The van der Waals surface area contributed by atoms with Crippen LogP contribution in [-0.2, 0) is 6.54 Å². The van der Waals surface area contributed by atoms with E-state index in [0.717, 1.165) is 32.0 Å². The standard InChI is InChI=1S/C14H20ClFN2/c15-13-3-4-14(16)12(8-13)10-18-7-5-11-2-1-6-17-9-11/h3-4,8,11,17-18H,1-2,5-7,9-10H2. The highest BCUT2D eigenvalue weighted by Crippen LogP contribution is 2.15. The van der Waals surface area contributed by atoms with Gasteiger partial charge in [0, 0.05) is 17.1 Å². The van der Waals surface area contributed by atoms with Crippen molar-refractivity contribution in [1.29, 1.82) is 0 Å². The zero-order chi connectivity index (χ0) is 12.8. The highest BCUT2D eigenvalue weighted by molar-refractivity contribution is 6.30. The Bertz CT molecular complexity index is 378. The monoisotopic (exact) mass is 270 g/mol. The molecule has 0 bridgehead atoms. The van der Waals surface area contributed by atoms with Gasteiger partial charge in [0.15, 0.2) is 0 Å². The molecule has 0 spiro atoms. The summed E-state index contributed by atoms with van der Waals surface area (Å²) in [6, 6.07) is 4.69. The second kappa shape index (κ2) is 7.07. The van der Waals surface area contributed by atoms with E-state index < -0.39 is 0 Å². The lowest BCUT2D eigenvalue weighted by molar-refractivity contribution is 0.351. The molecule has 18 heavy (non-hydrogen) atoms. The predicted octanol–water partition coefficient (Wildman–Crippen LogP) is 2.96. The van der Waals surface area contributed by atoms with Crippen LogP contribution in [0.1, 0.15) is 24.8 Å². The summed E-state index contributed by atoms with van der Waals surface area (Å²) in [5, 5.41) is 7.28. The fourth-order valence-electron chi connectivity index (χ4n) is 2.38. The van der Waals surface area contributed by atoms with E-state index in [2.05, 4.69) is 10.6 Å². The summed E-state index contributed by atoms with van der Waals surface area (Å²) in [6.07, 6.45) is 3.73. The number of piperidine rings is 1. The summed E-state index contributed by atoms with van der Waals surface area (Å²) < 4.78 is 13.4. The summed E-state index contributed by atoms with van der Waals surface area (Å²) in [4.78, 5) is 0. The van der Waals surface area contributed by atoms with Crippen LogP contribution in [0.3, 0.4) is 0 Å². The van der Waals surface area contributed by atoms with Gasteiger partial charge in [-0.05, 0) is 63.0 Å². The second-order valence-corrected chi connectivity index (χ2v) is 5.35. The third-order valence-electron chi connectivity index (χ3n) is 3.45. The van der Waals surface area contributed by atoms with Gasteiger partial charge in [0.1, 0.15) is 5.82 Å². The smallest absolute Gasteiger partial charge is 0.127 e. The van der Waals surface area contributed by atoms with Crippen LogP contribution in [0.5, 0.6) is 0 Å². The fraction of sp³-hybridized carbons (Fsp3) is 0.571. The molecule has 100 valence electrons. The van der Waals surface area contributed by atoms with Crippen molar-refractivity contribution in [3.05, 3.63) is 34.6 Å². The molecule has 1 aromatic carbocycles. The Morgan fingerprint density at radius 1 is 1.44 bits per heavy atom. The van der Waals surface area contributed by atoms with E-state index in [-0.39, 0.29) is 5.82 Å². The molecule has 1 aromatic rings. The molecule has 1 saturated heterocycles. The third kappa shape index (κ3) is 4.23. The molecular weight excluding hydrogens is 251 g/mol. The van der Waals surface area contributed by atoms with Crippen LogP contribution in [0.4, 0.5) is 4.39 Å². The highest BCUT2D eigenvalue weighted by atomic mass is 35.5. The van der Waals surface area contributed by atoms with Crippen LogP contribution >= 0.6 is 11.6 Å². The number of nitrogens with one attached hydrogen (secondary N) is 2. The minimum absolute atomic E-state index is 0.189. The van der Waals surface area contributed by atoms with Crippen molar-refractivity contribution in [3.8, 4) is 0 Å². The van der Waals surface area contributed by atoms with Crippen LogP contribution in [0.25, 0.3) is 0 Å². The first kappa shape index (κ1) is 13.8. The van der Waals surface area contributed by atoms with E-state index in [0.29, 0.717) is 17.1 Å². The fourth-order valence-corrected chi connectivity index (χ4v) is 2.57. The molecule has 1 unspecified atom stereocenters. The van der Waals surface area contributed by atoms with Crippen molar-refractivity contribution >= 4 is 11.6 Å². The van der Waals surface area contributed by atoms with Crippen LogP contribution in [-0.4, -0.2) is 19.6 Å².